The van der Waals surface area contributed by atoms with Gasteiger partial charge in [-0.15, -0.1) is 0 Å². The molecule has 5 nitrogen and oxygen atoms in total. The van der Waals surface area contributed by atoms with E-state index in [0.29, 0.717) is 18.7 Å². The Kier molecular flexibility index (Phi) is 4.97. The van der Waals surface area contributed by atoms with Gasteiger partial charge in [-0.3, -0.25) is 9.59 Å². The second-order valence-electron chi connectivity index (χ2n) is 6.70. The Morgan fingerprint density at radius 3 is 2.52 bits per heavy atom. The normalized spacial score (nSPS) is 22.2. The van der Waals surface area contributed by atoms with Crippen molar-refractivity contribution in [1.29, 1.82) is 0 Å². The number of carbonyl (C=O) groups is 2. The van der Waals surface area contributed by atoms with Crippen LogP contribution in [0.4, 0.5) is 0 Å². The number of rotatable bonds is 5. The molecule has 2 atom stereocenters. The lowest BCUT2D eigenvalue weighted by Gasteiger charge is -2.29. The van der Waals surface area contributed by atoms with Crippen molar-refractivity contribution in [2.24, 2.45) is 11.3 Å². The minimum Gasteiger partial charge on any atom is -0.481 e. The Bertz CT molecular complexity index is 598. The monoisotopic (exact) mass is 319 g/mol. The summed E-state index contributed by atoms with van der Waals surface area (Å²) in [7, 11) is 0. The summed E-state index contributed by atoms with van der Waals surface area (Å²) < 4.78 is 5.72. The Labute approximate surface area is 137 Å². The van der Waals surface area contributed by atoms with Gasteiger partial charge >= 0.3 is 5.97 Å². The Balaban J connectivity index is 2.05. The van der Waals surface area contributed by atoms with E-state index in [9.17, 15) is 14.7 Å². The van der Waals surface area contributed by atoms with E-state index < -0.39 is 17.5 Å². The second kappa shape index (κ2) is 6.60. The van der Waals surface area contributed by atoms with Crippen LogP contribution in [0.2, 0.25) is 0 Å². The topological polar surface area (TPSA) is 66.8 Å². The van der Waals surface area contributed by atoms with Crippen molar-refractivity contribution < 1.29 is 19.4 Å². The second-order valence-corrected chi connectivity index (χ2v) is 6.70. The van der Waals surface area contributed by atoms with Crippen LogP contribution in [0.25, 0.3) is 0 Å². The zero-order valence-electron chi connectivity index (χ0n) is 14.2. The van der Waals surface area contributed by atoms with Crippen LogP contribution in [-0.2, 0) is 9.59 Å². The first kappa shape index (κ1) is 17.3. The minimum absolute atomic E-state index is 0.0224. The lowest BCUT2D eigenvalue weighted by Crippen LogP contribution is -2.44. The van der Waals surface area contributed by atoms with Gasteiger partial charge in [0.2, 0.25) is 0 Å². The van der Waals surface area contributed by atoms with Crippen LogP contribution in [-0.4, -0.2) is 41.1 Å². The Hall–Kier alpha value is -2.04. The maximum absolute atomic E-state index is 12.6. The number of amides is 1. The summed E-state index contributed by atoms with van der Waals surface area (Å²) in [6.07, 6.45) is -0.142. The zero-order chi connectivity index (χ0) is 17.2. The van der Waals surface area contributed by atoms with E-state index in [-0.39, 0.29) is 18.4 Å². The standard InChI is InChI=1S/C18H25NO4/c1-12(2)18(17(21)22)8-9-19(11-18)16(20)14(4)23-15-7-5-6-13(3)10-15/h5-7,10,12,14H,8-9,11H2,1-4H3,(H,21,22). The van der Waals surface area contributed by atoms with Gasteiger partial charge in [0, 0.05) is 13.1 Å². The van der Waals surface area contributed by atoms with Crippen LogP contribution in [0.5, 0.6) is 5.75 Å². The molecule has 0 saturated carbocycles. The minimum atomic E-state index is -0.848. The summed E-state index contributed by atoms with van der Waals surface area (Å²) in [5, 5.41) is 9.57. The van der Waals surface area contributed by atoms with Gasteiger partial charge in [-0.25, -0.2) is 0 Å². The molecule has 0 bridgehead atoms. The van der Waals surface area contributed by atoms with Gasteiger partial charge < -0.3 is 14.7 Å². The van der Waals surface area contributed by atoms with Crippen LogP contribution in [0, 0.1) is 18.3 Å². The summed E-state index contributed by atoms with van der Waals surface area (Å²) in [6.45, 7) is 8.18. The summed E-state index contributed by atoms with van der Waals surface area (Å²) in [4.78, 5) is 25.9. The smallest absolute Gasteiger partial charge is 0.311 e. The highest BCUT2D eigenvalue weighted by molar-refractivity contribution is 5.83. The maximum Gasteiger partial charge on any atom is 0.311 e. The van der Waals surface area contributed by atoms with E-state index in [2.05, 4.69) is 0 Å². The largest absolute Gasteiger partial charge is 0.481 e. The van der Waals surface area contributed by atoms with Crippen molar-refractivity contribution >= 4 is 11.9 Å². The molecule has 2 unspecified atom stereocenters. The third-order valence-corrected chi connectivity index (χ3v) is 4.79. The molecule has 0 spiro atoms. The van der Waals surface area contributed by atoms with Crippen molar-refractivity contribution in [2.75, 3.05) is 13.1 Å². The number of aliphatic carboxylic acids is 1. The number of nitrogens with zero attached hydrogens (tertiary/aromatic N) is 1. The van der Waals surface area contributed by atoms with Crippen LogP contribution < -0.4 is 4.74 Å². The van der Waals surface area contributed by atoms with Crippen molar-refractivity contribution in [3.8, 4) is 5.75 Å². The third-order valence-electron chi connectivity index (χ3n) is 4.79. The molecular weight excluding hydrogens is 294 g/mol. The molecular formula is C18H25NO4. The molecule has 1 aromatic rings. The highest BCUT2D eigenvalue weighted by atomic mass is 16.5. The number of carboxylic acids is 1. The quantitative estimate of drug-likeness (QED) is 0.906. The van der Waals surface area contributed by atoms with Gasteiger partial charge in [-0.1, -0.05) is 26.0 Å². The fourth-order valence-corrected chi connectivity index (χ4v) is 3.11. The maximum atomic E-state index is 12.6. The lowest BCUT2D eigenvalue weighted by molar-refractivity contribution is -0.151. The van der Waals surface area contributed by atoms with Gasteiger partial charge in [0.05, 0.1) is 5.41 Å². The van der Waals surface area contributed by atoms with Gasteiger partial charge in [0.25, 0.3) is 5.91 Å². The molecule has 1 aliphatic rings. The van der Waals surface area contributed by atoms with E-state index in [4.69, 9.17) is 4.74 Å². The first-order chi connectivity index (χ1) is 10.8. The zero-order valence-corrected chi connectivity index (χ0v) is 14.2. The molecule has 1 aliphatic heterocycles. The molecule has 126 valence electrons. The highest BCUT2D eigenvalue weighted by Crippen LogP contribution is 2.38. The summed E-state index contributed by atoms with van der Waals surface area (Å²) in [6, 6.07) is 7.54. The number of benzene rings is 1. The lowest BCUT2D eigenvalue weighted by atomic mass is 9.76. The van der Waals surface area contributed by atoms with E-state index in [1.165, 1.54) is 0 Å². The van der Waals surface area contributed by atoms with Crippen LogP contribution in [0.1, 0.15) is 32.8 Å². The van der Waals surface area contributed by atoms with Crippen molar-refractivity contribution in [1.82, 2.24) is 4.90 Å². The van der Waals surface area contributed by atoms with Crippen LogP contribution >= 0.6 is 0 Å². The number of hydrogen-bond acceptors (Lipinski definition) is 3. The molecule has 2 rings (SSSR count). The summed E-state index contributed by atoms with van der Waals surface area (Å²) in [5.41, 5.74) is 0.214. The van der Waals surface area contributed by atoms with Crippen molar-refractivity contribution in [3.63, 3.8) is 0 Å². The van der Waals surface area contributed by atoms with E-state index in [0.717, 1.165) is 5.56 Å². The van der Waals surface area contributed by atoms with E-state index >= 15 is 0 Å². The SMILES string of the molecule is Cc1cccc(OC(C)C(=O)N2CCC(C(=O)O)(C(C)C)C2)c1. The number of carbonyl (C=O) groups excluding carboxylic acids is 1. The molecule has 5 heteroatoms. The number of ether oxygens (including phenoxy) is 1. The number of carboxylic acid groups (broad SMARTS) is 1. The number of hydrogen-bond donors (Lipinski definition) is 1. The molecule has 1 aromatic carbocycles. The Morgan fingerprint density at radius 1 is 1.30 bits per heavy atom. The fourth-order valence-electron chi connectivity index (χ4n) is 3.11. The van der Waals surface area contributed by atoms with Crippen LogP contribution in [0.3, 0.4) is 0 Å². The molecule has 1 fully saturated rings. The average molecular weight is 319 g/mol. The molecule has 23 heavy (non-hydrogen) atoms. The van der Waals surface area contributed by atoms with E-state index in [1.54, 1.807) is 11.8 Å². The first-order valence-corrected chi connectivity index (χ1v) is 8.02. The summed E-state index contributed by atoms with van der Waals surface area (Å²) >= 11 is 0. The first-order valence-electron chi connectivity index (χ1n) is 8.02. The summed E-state index contributed by atoms with van der Waals surface area (Å²) in [5.74, 6) is -0.352. The molecule has 0 aromatic heterocycles. The molecule has 1 N–H and O–H groups in total. The van der Waals surface area contributed by atoms with Gasteiger partial charge in [0.1, 0.15) is 5.75 Å². The van der Waals surface area contributed by atoms with Crippen molar-refractivity contribution in [3.05, 3.63) is 29.8 Å². The Morgan fingerprint density at radius 2 is 2.00 bits per heavy atom. The van der Waals surface area contributed by atoms with Gasteiger partial charge in [-0.2, -0.15) is 0 Å². The van der Waals surface area contributed by atoms with Crippen molar-refractivity contribution in [2.45, 2.75) is 40.2 Å². The number of likely N-dealkylation sites (tertiary alicyclic amines) is 1. The van der Waals surface area contributed by atoms with Crippen LogP contribution in [0.15, 0.2) is 24.3 Å². The fraction of sp³-hybridized carbons (Fsp3) is 0.556. The van der Waals surface area contributed by atoms with E-state index in [1.807, 2.05) is 45.0 Å². The molecule has 1 heterocycles. The number of aryl methyl sites for hydroxylation is 1. The average Bonchev–Trinajstić information content (AvgIpc) is 2.93. The molecule has 0 radical (unpaired) electrons. The third kappa shape index (κ3) is 3.49. The molecule has 1 saturated heterocycles. The molecule has 0 aliphatic carbocycles. The predicted octanol–water partition coefficient (Wildman–Crippen LogP) is 2.72. The predicted molar refractivity (Wildman–Crippen MR) is 87.4 cm³/mol. The highest BCUT2D eigenvalue weighted by Gasteiger charge is 2.49. The van der Waals surface area contributed by atoms with Gasteiger partial charge in [0.15, 0.2) is 6.10 Å². The molecule has 1 amide bonds. The van der Waals surface area contributed by atoms with Gasteiger partial charge in [-0.05, 0) is 43.9 Å².